The molecule has 0 aliphatic heterocycles. The van der Waals surface area contributed by atoms with Gasteiger partial charge in [0, 0.05) is 17.0 Å². The summed E-state index contributed by atoms with van der Waals surface area (Å²) in [5.41, 5.74) is 6.92. The zero-order chi connectivity index (χ0) is 14.8. The van der Waals surface area contributed by atoms with E-state index in [4.69, 9.17) is 17.3 Å². The molecule has 1 atom stereocenters. The molecule has 1 aromatic carbocycles. The summed E-state index contributed by atoms with van der Waals surface area (Å²) in [6.45, 7) is 0. The molecule has 21 heavy (non-hydrogen) atoms. The molecule has 0 heterocycles. The summed E-state index contributed by atoms with van der Waals surface area (Å²) in [5, 5.41) is 4.00. The van der Waals surface area contributed by atoms with Crippen LogP contribution in [-0.2, 0) is 4.79 Å². The zero-order valence-electron chi connectivity index (χ0n) is 12.2. The van der Waals surface area contributed by atoms with Crippen molar-refractivity contribution in [2.75, 3.05) is 0 Å². The summed E-state index contributed by atoms with van der Waals surface area (Å²) in [6, 6.07) is 8.19. The van der Waals surface area contributed by atoms with Crippen LogP contribution in [0.3, 0.4) is 0 Å². The van der Waals surface area contributed by atoms with Crippen molar-refractivity contribution < 1.29 is 4.79 Å². The Hall–Kier alpha value is -1.06. The van der Waals surface area contributed by atoms with Crippen LogP contribution in [0.25, 0.3) is 0 Å². The van der Waals surface area contributed by atoms with Crippen LogP contribution < -0.4 is 11.1 Å². The van der Waals surface area contributed by atoms with Crippen molar-refractivity contribution in [3.8, 4) is 0 Å². The standard InChI is InChI=1S/C17H23ClN2O/c18-14-7-3-6-12(8-14)16(11-4-1-2-5-11)20-17(21)13-9-15(19)10-13/h3,6-8,11,13,15-16H,1-2,4-5,9-10,19H2,(H,20,21)/t13-,15-,16-/m1/s1. The summed E-state index contributed by atoms with van der Waals surface area (Å²) in [4.78, 5) is 12.4. The van der Waals surface area contributed by atoms with Gasteiger partial charge in [-0.2, -0.15) is 0 Å². The minimum atomic E-state index is 0.0931. The highest BCUT2D eigenvalue weighted by Crippen LogP contribution is 2.37. The maximum absolute atomic E-state index is 12.4. The van der Waals surface area contributed by atoms with E-state index < -0.39 is 0 Å². The normalized spacial score (nSPS) is 27.1. The second-order valence-corrected chi connectivity index (χ2v) is 6.95. The SMILES string of the molecule is N[C@H]1C[C@H](C(=O)N[C@@H](c2cccc(Cl)c2)C2CCCC2)C1. The Bertz CT molecular complexity index is 507. The van der Waals surface area contributed by atoms with Gasteiger partial charge in [-0.15, -0.1) is 0 Å². The fourth-order valence-electron chi connectivity index (χ4n) is 3.61. The molecule has 0 bridgehead atoms. The lowest BCUT2D eigenvalue weighted by atomic mass is 9.79. The molecule has 1 aromatic rings. The largest absolute Gasteiger partial charge is 0.349 e. The number of benzene rings is 1. The van der Waals surface area contributed by atoms with Crippen molar-refractivity contribution in [3.63, 3.8) is 0 Å². The molecule has 2 saturated carbocycles. The second-order valence-electron chi connectivity index (χ2n) is 6.51. The van der Waals surface area contributed by atoms with E-state index in [9.17, 15) is 4.79 Å². The number of carbonyl (C=O) groups excluding carboxylic acids is 1. The molecule has 0 saturated heterocycles. The predicted octanol–water partition coefficient (Wildman–Crippen LogP) is 3.42. The molecule has 2 aliphatic carbocycles. The molecule has 0 unspecified atom stereocenters. The summed E-state index contributed by atoms with van der Waals surface area (Å²) in [7, 11) is 0. The van der Waals surface area contributed by atoms with Gasteiger partial charge in [-0.05, 0) is 49.3 Å². The topological polar surface area (TPSA) is 55.1 Å². The molecule has 0 radical (unpaired) electrons. The Morgan fingerprint density at radius 1 is 1.29 bits per heavy atom. The van der Waals surface area contributed by atoms with Gasteiger partial charge in [0.05, 0.1) is 6.04 Å². The molecule has 114 valence electrons. The number of carbonyl (C=O) groups is 1. The van der Waals surface area contributed by atoms with Crippen LogP contribution in [0.1, 0.15) is 50.1 Å². The van der Waals surface area contributed by atoms with Gasteiger partial charge in [0.2, 0.25) is 5.91 Å². The third kappa shape index (κ3) is 3.41. The Balaban J connectivity index is 1.74. The van der Waals surface area contributed by atoms with Crippen LogP contribution in [0.2, 0.25) is 5.02 Å². The Morgan fingerprint density at radius 2 is 2.00 bits per heavy atom. The first-order valence-corrected chi connectivity index (χ1v) is 8.32. The number of amides is 1. The Labute approximate surface area is 131 Å². The fraction of sp³-hybridized carbons (Fsp3) is 0.588. The molecule has 2 aliphatic rings. The highest BCUT2D eigenvalue weighted by atomic mass is 35.5. The first-order valence-electron chi connectivity index (χ1n) is 7.95. The van der Waals surface area contributed by atoms with Gasteiger partial charge in [0.1, 0.15) is 0 Å². The number of hydrogen-bond donors (Lipinski definition) is 2. The van der Waals surface area contributed by atoms with Crippen molar-refractivity contribution in [2.24, 2.45) is 17.6 Å². The van der Waals surface area contributed by atoms with E-state index in [0.29, 0.717) is 5.92 Å². The van der Waals surface area contributed by atoms with Crippen LogP contribution >= 0.6 is 11.6 Å². The van der Waals surface area contributed by atoms with Gasteiger partial charge in [0.25, 0.3) is 0 Å². The summed E-state index contributed by atoms with van der Waals surface area (Å²) in [5.74, 6) is 0.790. The number of nitrogens with one attached hydrogen (secondary N) is 1. The summed E-state index contributed by atoms with van der Waals surface area (Å²) < 4.78 is 0. The van der Waals surface area contributed by atoms with Crippen molar-refractivity contribution >= 4 is 17.5 Å². The van der Waals surface area contributed by atoms with E-state index in [1.807, 2.05) is 18.2 Å². The van der Waals surface area contributed by atoms with Crippen LogP contribution in [0, 0.1) is 11.8 Å². The molecule has 3 nitrogen and oxygen atoms in total. The maximum atomic E-state index is 12.4. The number of hydrogen-bond acceptors (Lipinski definition) is 2. The Morgan fingerprint density at radius 3 is 2.62 bits per heavy atom. The van der Waals surface area contributed by atoms with Crippen LogP contribution in [0.15, 0.2) is 24.3 Å². The molecule has 0 aromatic heterocycles. The van der Waals surface area contributed by atoms with Gasteiger partial charge in [-0.25, -0.2) is 0 Å². The molecular formula is C17H23ClN2O. The smallest absolute Gasteiger partial charge is 0.223 e. The number of rotatable bonds is 4. The minimum absolute atomic E-state index is 0.0931. The molecule has 3 N–H and O–H groups in total. The van der Waals surface area contributed by atoms with E-state index in [1.54, 1.807) is 0 Å². The van der Waals surface area contributed by atoms with Crippen molar-refractivity contribution in [1.29, 1.82) is 0 Å². The highest BCUT2D eigenvalue weighted by molar-refractivity contribution is 6.30. The van der Waals surface area contributed by atoms with Gasteiger partial charge >= 0.3 is 0 Å². The van der Waals surface area contributed by atoms with E-state index >= 15 is 0 Å². The van der Waals surface area contributed by atoms with Gasteiger partial charge in [-0.1, -0.05) is 36.6 Å². The monoisotopic (exact) mass is 306 g/mol. The first kappa shape index (κ1) is 14.9. The quantitative estimate of drug-likeness (QED) is 0.895. The fourth-order valence-corrected chi connectivity index (χ4v) is 3.81. The lowest BCUT2D eigenvalue weighted by Gasteiger charge is -2.34. The third-order valence-corrected chi connectivity index (χ3v) is 5.16. The zero-order valence-corrected chi connectivity index (χ0v) is 13.0. The minimum Gasteiger partial charge on any atom is -0.349 e. The summed E-state index contributed by atoms with van der Waals surface area (Å²) >= 11 is 6.12. The Kier molecular flexibility index (Phi) is 4.51. The number of halogens is 1. The molecule has 0 spiro atoms. The van der Waals surface area contributed by atoms with Crippen molar-refractivity contribution in [2.45, 2.75) is 50.6 Å². The van der Waals surface area contributed by atoms with Crippen LogP contribution in [-0.4, -0.2) is 11.9 Å². The summed E-state index contributed by atoms with van der Waals surface area (Å²) in [6.07, 6.45) is 6.51. The van der Waals surface area contributed by atoms with E-state index in [2.05, 4.69) is 11.4 Å². The molecule has 2 fully saturated rings. The van der Waals surface area contributed by atoms with Crippen molar-refractivity contribution in [3.05, 3.63) is 34.9 Å². The van der Waals surface area contributed by atoms with E-state index in [-0.39, 0.29) is 23.9 Å². The lowest BCUT2D eigenvalue weighted by Crippen LogP contribution is -2.46. The second kappa shape index (κ2) is 6.37. The van der Waals surface area contributed by atoms with E-state index in [0.717, 1.165) is 23.4 Å². The number of nitrogens with two attached hydrogens (primary N) is 1. The first-order chi connectivity index (χ1) is 10.1. The van der Waals surface area contributed by atoms with Crippen LogP contribution in [0.5, 0.6) is 0 Å². The average molecular weight is 307 g/mol. The maximum Gasteiger partial charge on any atom is 0.223 e. The average Bonchev–Trinajstić information content (AvgIpc) is 2.95. The van der Waals surface area contributed by atoms with Crippen LogP contribution in [0.4, 0.5) is 0 Å². The molecule has 4 heteroatoms. The molecule has 1 amide bonds. The molecule has 3 rings (SSSR count). The van der Waals surface area contributed by atoms with Gasteiger partial charge in [-0.3, -0.25) is 4.79 Å². The van der Waals surface area contributed by atoms with Gasteiger partial charge < -0.3 is 11.1 Å². The lowest BCUT2D eigenvalue weighted by molar-refractivity contribution is -0.129. The predicted molar refractivity (Wildman–Crippen MR) is 85.0 cm³/mol. The van der Waals surface area contributed by atoms with Gasteiger partial charge in [0.15, 0.2) is 0 Å². The third-order valence-electron chi connectivity index (χ3n) is 4.92. The molecular weight excluding hydrogens is 284 g/mol. The van der Waals surface area contributed by atoms with E-state index in [1.165, 1.54) is 25.7 Å². The van der Waals surface area contributed by atoms with Crippen molar-refractivity contribution in [1.82, 2.24) is 5.32 Å². The highest BCUT2D eigenvalue weighted by Gasteiger charge is 2.35.